The second kappa shape index (κ2) is 7.82. The number of ether oxygens (including phenoxy) is 1. The Balaban J connectivity index is 1.49. The maximum Gasteiger partial charge on any atom is 0.272 e. The van der Waals surface area contributed by atoms with E-state index >= 15 is 0 Å². The van der Waals surface area contributed by atoms with Crippen LogP contribution in [0.25, 0.3) is 10.9 Å². The van der Waals surface area contributed by atoms with Crippen LogP contribution >= 0.6 is 0 Å². The summed E-state index contributed by atoms with van der Waals surface area (Å²) in [6.07, 6.45) is 1.97. The summed E-state index contributed by atoms with van der Waals surface area (Å²) in [5.41, 5.74) is 1.72. The van der Waals surface area contributed by atoms with Crippen molar-refractivity contribution in [2.45, 2.75) is 18.9 Å². The van der Waals surface area contributed by atoms with Crippen molar-refractivity contribution in [2.24, 2.45) is 0 Å². The van der Waals surface area contributed by atoms with E-state index in [0.717, 1.165) is 19.4 Å². The molecule has 0 radical (unpaired) electrons. The molecule has 7 heteroatoms. The van der Waals surface area contributed by atoms with Crippen LogP contribution in [-0.4, -0.2) is 36.1 Å². The van der Waals surface area contributed by atoms with Gasteiger partial charge in [0, 0.05) is 24.1 Å². The van der Waals surface area contributed by atoms with Crippen molar-refractivity contribution in [3.8, 4) is 0 Å². The van der Waals surface area contributed by atoms with E-state index in [0.29, 0.717) is 28.7 Å². The number of hydrogen-bond acceptors (Lipinski definition) is 3. The summed E-state index contributed by atoms with van der Waals surface area (Å²) in [5.74, 6) is -1.05. The van der Waals surface area contributed by atoms with Crippen molar-refractivity contribution in [3.63, 3.8) is 0 Å². The van der Waals surface area contributed by atoms with Gasteiger partial charge < -0.3 is 20.4 Å². The number of halogens is 1. The number of benzene rings is 2. The van der Waals surface area contributed by atoms with Crippen molar-refractivity contribution >= 4 is 28.4 Å². The van der Waals surface area contributed by atoms with Crippen LogP contribution in [0.5, 0.6) is 0 Å². The van der Waals surface area contributed by atoms with E-state index in [1.54, 1.807) is 36.4 Å². The lowest BCUT2D eigenvalue weighted by atomic mass is 10.1. The zero-order chi connectivity index (χ0) is 19.5. The molecule has 1 fully saturated rings. The molecule has 28 heavy (non-hydrogen) atoms. The van der Waals surface area contributed by atoms with Crippen molar-refractivity contribution in [1.82, 2.24) is 10.3 Å². The van der Waals surface area contributed by atoms with Gasteiger partial charge in [-0.1, -0.05) is 12.1 Å². The molecule has 0 spiro atoms. The third kappa shape index (κ3) is 3.89. The summed E-state index contributed by atoms with van der Waals surface area (Å²) in [5, 5.41) is 6.22. The highest BCUT2D eigenvalue weighted by Gasteiger charge is 2.19. The number of nitrogens with one attached hydrogen (secondary N) is 3. The summed E-state index contributed by atoms with van der Waals surface area (Å²) in [6.45, 7) is 1.16. The van der Waals surface area contributed by atoms with E-state index in [2.05, 4.69) is 15.6 Å². The predicted molar refractivity (Wildman–Crippen MR) is 104 cm³/mol. The topological polar surface area (TPSA) is 83.2 Å². The Kier molecular flexibility index (Phi) is 5.08. The highest BCUT2D eigenvalue weighted by Crippen LogP contribution is 2.20. The van der Waals surface area contributed by atoms with E-state index in [-0.39, 0.29) is 23.5 Å². The zero-order valence-electron chi connectivity index (χ0n) is 15.1. The quantitative estimate of drug-likeness (QED) is 0.633. The average Bonchev–Trinajstić information content (AvgIpc) is 3.35. The molecule has 1 atom stereocenters. The molecule has 2 heterocycles. The molecule has 1 aliphatic heterocycles. The van der Waals surface area contributed by atoms with Crippen LogP contribution in [0.2, 0.25) is 0 Å². The first kappa shape index (κ1) is 18.2. The Hall–Kier alpha value is -3.19. The lowest BCUT2D eigenvalue weighted by Crippen LogP contribution is -2.32. The summed E-state index contributed by atoms with van der Waals surface area (Å²) in [6, 6.07) is 12.6. The van der Waals surface area contributed by atoms with Crippen LogP contribution in [-0.2, 0) is 4.74 Å². The van der Waals surface area contributed by atoms with Crippen LogP contribution in [0.15, 0.2) is 48.5 Å². The van der Waals surface area contributed by atoms with Gasteiger partial charge in [0.25, 0.3) is 11.8 Å². The van der Waals surface area contributed by atoms with Gasteiger partial charge >= 0.3 is 0 Å². The standard InChI is InChI=1S/C21H20FN3O3/c22-14-7-8-17-13(10-14)11-19(24-17)21(27)25-18-6-2-1-5-16(18)20(26)23-12-15-4-3-9-28-15/h1-2,5-8,10-11,15,24H,3-4,9,12H2,(H,23,26)(H,25,27). The molecule has 6 nitrogen and oxygen atoms in total. The third-order valence-corrected chi connectivity index (χ3v) is 4.76. The molecule has 144 valence electrons. The minimum absolute atomic E-state index is 0.0393. The minimum Gasteiger partial charge on any atom is -0.376 e. The molecule has 0 aliphatic carbocycles. The number of aromatic nitrogens is 1. The number of carbonyl (C=O) groups is 2. The summed E-state index contributed by atoms with van der Waals surface area (Å²) in [4.78, 5) is 28.1. The molecule has 3 N–H and O–H groups in total. The molecule has 4 rings (SSSR count). The van der Waals surface area contributed by atoms with Gasteiger partial charge in [0.2, 0.25) is 0 Å². The molecule has 1 aliphatic rings. The van der Waals surface area contributed by atoms with Gasteiger partial charge in [-0.15, -0.1) is 0 Å². The van der Waals surface area contributed by atoms with E-state index < -0.39 is 5.91 Å². The van der Waals surface area contributed by atoms with Gasteiger partial charge in [-0.2, -0.15) is 0 Å². The predicted octanol–water partition coefficient (Wildman–Crippen LogP) is 3.47. The largest absolute Gasteiger partial charge is 0.376 e. The van der Waals surface area contributed by atoms with Crippen LogP contribution < -0.4 is 10.6 Å². The zero-order valence-corrected chi connectivity index (χ0v) is 15.1. The maximum atomic E-state index is 13.4. The second-order valence-electron chi connectivity index (χ2n) is 6.76. The second-order valence-corrected chi connectivity index (χ2v) is 6.76. The van der Waals surface area contributed by atoms with Crippen LogP contribution in [0.3, 0.4) is 0 Å². The Labute approximate surface area is 161 Å². The van der Waals surface area contributed by atoms with Gasteiger partial charge in [0.15, 0.2) is 0 Å². The summed E-state index contributed by atoms with van der Waals surface area (Å²) in [7, 11) is 0. The average molecular weight is 381 g/mol. The molecule has 1 unspecified atom stereocenters. The molecular formula is C21H20FN3O3. The first-order valence-corrected chi connectivity index (χ1v) is 9.18. The van der Waals surface area contributed by atoms with Crippen LogP contribution in [0, 0.1) is 5.82 Å². The Bertz CT molecular complexity index is 1020. The molecule has 1 aromatic heterocycles. The van der Waals surface area contributed by atoms with E-state index in [4.69, 9.17) is 4.74 Å². The Morgan fingerprint density at radius 1 is 1.14 bits per heavy atom. The normalized spacial score (nSPS) is 16.2. The van der Waals surface area contributed by atoms with Crippen molar-refractivity contribution in [3.05, 3.63) is 65.6 Å². The van der Waals surface area contributed by atoms with Gasteiger partial charge in [0.05, 0.1) is 17.4 Å². The fourth-order valence-electron chi connectivity index (χ4n) is 3.31. The van der Waals surface area contributed by atoms with Crippen molar-refractivity contribution in [1.29, 1.82) is 0 Å². The number of hydrogen-bond donors (Lipinski definition) is 3. The number of amides is 2. The number of para-hydroxylation sites is 1. The summed E-state index contributed by atoms with van der Waals surface area (Å²) < 4.78 is 18.9. The van der Waals surface area contributed by atoms with Crippen LogP contribution in [0.4, 0.5) is 10.1 Å². The van der Waals surface area contributed by atoms with E-state index in [1.807, 2.05) is 0 Å². The lowest BCUT2D eigenvalue weighted by Gasteiger charge is -2.13. The lowest BCUT2D eigenvalue weighted by molar-refractivity contribution is 0.0858. The maximum absolute atomic E-state index is 13.4. The molecule has 0 bridgehead atoms. The third-order valence-electron chi connectivity index (χ3n) is 4.76. The number of fused-ring (bicyclic) bond motifs is 1. The van der Waals surface area contributed by atoms with Gasteiger partial charge in [-0.25, -0.2) is 4.39 Å². The SMILES string of the molecule is O=C(Nc1ccccc1C(=O)NCC1CCCO1)c1cc2cc(F)ccc2[nH]1. The monoisotopic (exact) mass is 381 g/mol. The Morgan fingerprint density at radius 3 is 2.82 bits per heavy atom. The van der Waals surface area contributed by atoms with E-state index in [1.165, 1.54) is 12.1 Å². The number of carbonyl (C=O) groups excluding carboxylic acids is 2. The highest BCUT2D eigenvalue weighted by atomic mass is 19.1. The first-order valence-electron chi connectivity index (χ1n) is 9.18. The van der Waals surface area contributed by atoms with Gasteiger partial charge in [-0.05, 0) is 49.2 Å². The number of H-pyrrole nitrogens is 1. The Morgan fingerprint density at radius 2 is 2.00 bits per heavy atom. The number of anilines is 1. The van der Waals surface area contributed by atoms with Crippen molar-refractivity contribution in [2.75, 3.05) is 18.5 Å². The van der Waals surface area contributed by atoms with Crippen molar-refractivity contribution < 1.29 is 18.7 Å². The van der Waals surface area contributed by atoms with Gasteiger partial charge in [0.1, 0.15) is 11.5 Å². The highest BCUT2D eigenvalue weighted by molar-refractivity contribution is 6.09. The van der Waals surface area contributed by atoms with E-state index in [9.17, 15) is 14.0 Å². The number of rotatable bonds is 5. The molecule has 0 saturated carbocycles. The fraction of sp³-hybridized carbons (Fsp3) is 0.238. The first-order chi connectivity index (χ1) is 13.6. The molecule has 3 aromatic rings. The fourth-order valence-corrected chi connectivity index (χ4v) is 3.31. The number of aromatic amines is 1. The summed E-state index contributed by atoms with van der Waals surface area (Å²) >= 11 is 0. The minimum atomic E-state index is -0.406. The van der Waals surface area contributed by atoms with Gasteiger partial charge in [-0.3, -0.25) is 9.59 Å². The molecule has 1 saturated heterocycles. The van der Waals surface area contributed by atoms with Crippen LogP contribution in [0.1, 0.15) is 33.7 Å². The molecular weight excluding hydrogens is 361 g/mol. The molecule has 2 amide bonds. The smallest absolute Gasteiger partial charge is 0.272 e. The molecule has 2 aromatic carbocycles.